The Labute approximate surface area is 790 Å². The number of rotatable bonds is 64. The number of nitrogens with two attached hydrogens (primary N) is 7. The second kappa shape index (κ2) is 60.7. The number of aliphatic carboxylic acids is 1. The van der Waals surface area contributed by atoms with Crippen LogP contribution in [0.2, 0.25) is 0 Å². The van der Waals surface area contributed by atoms with Gasteiger partial charge in [0.1, 0.15) is 78.5 Å². The molecule has 18 amide bonds. The van der Waals surface area contributed by atoms with Crippen LogP contribution in [0.15, 0.2) is 91.1 Å². The Kier molecular flexibility index (Phi) is 50.8. The average molecular weight is 1920 g/mol. The largest absolute Gasteiger partial charge is 0.480 e. The van der Waals surface area contributed by atoms with E-state index in [1.807, 2.05) is 0 Å². The molecule has 137 heavy (non-hydrogen) atoms. The number of aromatic nitrogens is 1. The fraction of sp³-hybridized carbons (Fsp3) is 0.529. The van der Waals surface area contributed by atoms with Crippen LogP contribution < -0.4 is 136 Å². The molecule has 3 aromatic carbocycles. The summed E-state index contributed by atoms with van der Waals surface area (Å²) in [7, 11) is 0. The summed E-state index contributed by atoms with van der Waals surface area (Å²) in [6.07, 6.45) is -2.05. The number of aromatic amines is 1. The Morgan fingerprint density at radius 3 is 1.28 bits per heavy atom. The number of nitrogens with one attached hydrogen (secondary N) is 21. The van der Waals surface area contributed by atoms with Gasteiger partial charge in [-0.05, 0) is 146 Å². The number of carboxylic acids is 1. The Morgan fingerprint density at radius 2 is 0.781 bits per heavy atom. The van der Waals surface area contributed by atoms with E-state index in [1.165, 1.54) is 13.8 Å². The van der Waals surface area contributed by atoms with Gasteiger partial charge in [-0.15, -0.1) is 0 Å². The summed E-state index contributed by atoms with van der Waals surface area (Å²) in [6.45, 7) is 3.90. The average Bonchev–Trinajstić information content (AvgIpc) is 1.68. The van der Waals surface area contributed by atoms with E-state index in [1.54, 1.807) is 105 Å². The van der Waals surface area contributed by atoms with Crippen LogP contribution in [0, 0.1) is 16.7 Å². The van der Waals surface area contributed by atoms with Gasteiger partial charge in [-0.2, -0.15) is 0 Å². The first-order chi connectivity index (χ1) is 64.9. The highest BCUT2D eigenvalue weighted by atomic mass is 16.4. The van der Waals surface area contributed by atoms with Crippen LogP contribution in [-0.2, 0) is 110 Å². The molecule has 0 spiro atoms. The zero-order valence-electron chi connectivity index (χ0n) is 77.2. The summed E-state index contributed by atoms with van der Waals surface area (Å²) < 4.78 is 0. The molecule has 0 aliphatic heterocycles. The summed E-state index contributed by atoms with van der Waals surface area (Å²) in [6, 6.07) is 2.10. The molecule has 50 heteroatoms. The fourth-order valence-corrected chi connectivity index (χ4v) is 13.7. The lowest BCUT2D eigenvalue weighted by molar-refractivity contribution is -0.143. The minimum atomic E-state index is -1.92. The van der Waals surface area contributed by atoms with Gasteiger partial charge in [-0.3, -0.25) is 97.1 Å². The number of carboxylic acid groups (broad SMARTS) is 1. The van der Waals surface area contributed by atoms with Gasteiger partial charge in [0.2, 0.25) is 106 Å². The van der Waals surface area contributed by atoms with Crippen molar-refractivity contribution in [2.45, 2.75) is 234 Å². The molecule has 1 aromatic heterocycles. The van der Waals surface area contributed by atoms with E-state index in [9.17, 15) is 102 Å². The van der Waals surface area contributed by atoms with Crippen molar-refractivity contribution in [2.75, 3.05) is 52.4 Å². The zero-order valence-corrected chi connectivity index (χ0v) is 77.2. The third-order valence-electron chi connectivity index (χ3n) is 21.1. The molecule has 50 nitrogen and oxygen atoms in total. The molecule has 4 aromatic rings. The summed E-state index contributed by atoms with van der Waals surface area (Å²) in [5, 5.41) is 91.7. The first-order valence-corrected chi connectivity index (χ1v) is 44.7. The summed E-state index contributed by atoms with van der Waals surface area (Å²) in [5.41, 5.74) is 41.7. The maximum absolute atomic E-state index is 15.1. The Bertz CT molecular complexity index is 4760. The molecule has 0 saturated carbocycles. The first-order valence-electron chi connectivity index (χ1n) is 44.7. The molecular formula is C87H134N28O22. The van der Waals surface area contributed by atoms with Crippen LogP contribution in [0.25, 0.3) is 10.9 Å². The van der Waals surface area contributed by atoms with E-state index < -0.39 is 260 Å². The maximum atomic E-state index is 15.1. The number of aliphatic hydroxyl groups excluding tert-OH is 2. The SMILES string of the molecule is CC(C)C[C@H](NC(=O)[C@H](CCCCN)NC(=O)[C@H](CCCNC(=N)N)NC(=O)[C@H](Cc1c[nH]c2ccccc12)NC(=O)[C@H](CO)NC(=O)[C@H](CCCCN)NC(=O)[C@H](CCCNC(=N)N)NC(=O)[C@H](C)NC(=O)CNC(=O)[C@@H](NC(=O)[C@H](Cc1ccccc1)NC(=O)CNC(=O)CNC(=O)[C@@H](N)Cc1ccccc1)[C@@H](C)O)C(=O)N[C@@H](C)C(=O)N[C@@H](CC(N)=O)C(=O)N[C@@H](CCC(N)=O)C(=O)O. The fourth-order valence-electron chi connectivity index (χ4n) is 13.7. The second-order valence-corrected chi connectivity index (χ2v) is 33.0. The van der Waals surface area contributed by atoms with E-state index >= 15 is 4.79 Å². The van der Waals surface area contributed by atoms with Gasteiger partial charge in [-0.25, -0.2) is 4.79 Å². The second-order valence-electron chi connectivity index (χ2n) is 33.0. The summed E-state index contributed by atoms with van der Waals surface area (Å²) in [5.74, 6) is -20.6. The van der Waals surface area contributed by atoms with Crippen LogP contribution in [-0.4, -0.2) is 288 Å². The number of fused-ring (bicyclic) bond motifs is 1. The minimum Gasteiger partial charge on any atom is -0.480 e. The normalized spacial score (nSPS) is 14.3. The van der Waals surface area contributed by atoms with Crippen molar-refractivity contribution in [3.05, 3.63) is 108 Å². The van der Waals surface area contributed by atoms with E-state index in [4.69, 9.17) is 51.0 Å². The van der Waals surface area contributed by atoms with E-state index in [2.05, 4.69) is 101 Å². The van der Waals surface area contributed by atoms with Crippen LogP contribution in [0.1, 0.15) is 141 Å². The Balaban J connectivity index is 1.55. The Morgan fingerprint density at radius 1 is 0.380 bits per heavy atom. The molecular weight excluding hydrogens is 1790 g/mol. The molecule has 0 fully saturated rings. The van der Waals surface area contributed by atoms with Gasteiger partial charge >= 0.3 is 5.97 Å². The molecule has 15 atom stereocenters. The molecule has 0 aliphatic carbocycles. The minimum absolute atomic E-state index is 0.00305. The number of guanidine groups is 2. The molecule has 0 saturated heterocycles. The number of hydrogen-bond acceptors (Lipinski definition) is 26. The molecule has 1 heterocycles. The molecule has 0 unspecified atom stereocenters. The number of H-pyrrole nitrogens is 1. The molecule has 0 radical (unpaired) electrons. The smallest absolute Gasteiger partial charge is 0.326 e. The number of aliphatic hydroxyl groups is 2. The van der Waals surface area contributed by atoms with Gasteiger partial charge in [0.05, 0.1) is 44.8 Å². The zero-order chi connectivity index (χ0) is 102. The van der Waals surface area contributed by atoms with Crippen molar-refractivity contribution in [1.82, 2.24) is 101 Å². The lowest BCUT2D eigenvalue weighted by atomic mass is 10.0. The third kappa shape index (κ3) is 43.6. The van der Waals surface area contributed by atoms with Gasteiger partial charge < -0.3 is 156 Å². The van der Waals surface area contributed by atoms with Gasteiger partial charge in [0.15, 0.2) is 11.9 Å². The van der Waals surface area contributed by atoms with Gasteiger partial charge in [0.25, 0.3) is 0 Å². The van der Waals surface area contributed by atoms with Crippen LogP contribution >= 0.6 is 0 Å². The van der Waals surface area contributed by atoms with Crippen molar-refractivity contribution < 1.29 is 106 Å². The molecule has 38 N–H and O–H groups in total. The number of carbonyl (C=O) groups is 19. The number of para-hydroxylation sites is 1. The predicted molar refractivity (Wildman–Crippen MR) is 498 cm³/mol. The van der Waals surface area contributed by atoms with Crippen LogP contribution in [0.4, 0.5) is 0 Å². The van der Waals surface area contributed by atoms with E-state index in [-0.39, 0.29) is 116 Å². The molecule has 4 rings (SSSR count). The highest BCUT2D eigenvalue weighted by Crippen LogP contribution is 2.21. The number of unbranched alkanes of at least 4 members (excludes halogenated alkanes) is 2. The lowest BCUT2D eigenvalue weighted by Crippen LogP contribution is -2.61. The van der Waals surface area contributed by atoms with Crippen LogP contribution in [0.3, 0.4) is 0 Å². The third-order valence-corrected chi connectivity index (χ3v) is 21.1. The highest BCUT2D eigenvalue weighted by Gasteiger charge is 2.39. The quantitative estimate of drug-likeness (QED) is 0.0111. The molecule has 0 aliphatic rings. The van der Waals surface area contributed by atoms with Crippen molar-refractivity contribution in [3.8, 4) is 0 Å². The number of primary amides is 2. The van der Waals surface area contributed by atoms with Crippen molar-refractivity contribution >= 4 is 135 Å². The summed E-state index contributed by atoms with van der Waals surface area (Å²) in [4.78, 5) is 262. The Hall–Kier alpha value is -14.5. The van der Waals surface area contributed by atoms with E-state index in [0.717, 1.165) is 12.5 Å². The molecule has 0 bridgehead atoms. The predicted octanol–water partition coefficient (Wildman–Crippen LogP) is -9.36. The maximum Gasteiger partial charge on any atom is 0.326 e. The monoisotopic (exact) mass is 1920 g/mol. The van der Waals surface area contributed by atoms with Crippen molar-refractivity contribution in [2.24, 2.45) is 46.1 Å². The van der Waals surface area contributed by atoms with Gasteiger partial charge in [0, 0.05) is 49.5 Å². The van der Waals surface area contributed by atoms with E-state index in [0.29, 0.717) is 28.5 Å². The topological polar surface area (TPSA) is 847 Å². The van der Waals surface area contributed by atoms with Gasteiger partial charge in [-0.1, -0.05) is 92.7 Å². The van der Waals surface area contributed by atoms with Crippen LogP contribution in [0.5, 0.6) is 0 Å². The van der Waals surface area contributed by atoms with Crippen molar-refractivity contribution in [3.63, 3.8) is 0 Å². The highest BCUT2D eigenvalue weighted by molar-refractivity contribution is 6.02. The number of benzene rings is 3. The lowest BCUT2D eigenvalue weighted by Gasteiger charge is -2.28. The van der Waals surface area contributed by atoms with Crippen molar-refractivity contribution in [1.29, 1.82) is 10.8 Å². The molecule has 754 valence electrons. The first kappa shape index (κ1) is 115. The number of amides is 18. The standard InChI is InChI=1S/C87H134N28O22/c1-46(2)36-61(79(130)104-48(4)73(124)111-64(40-67(92)119)81(132)110-60(85(136)137)30-31-66(91)118)112-77(128)56(26-14-16-32-88)107-76(127)59(29-19-35-98-87(95)96)109-80(131)63(39-52-41-99-55-25-13-12-24-53(52)55)113-83(134)65(45-116)114-78(129)57(27-15-17-33-89)108-75(126)58(28-18-34-97-86(93)94)106-72(123)47(3)103-69(121)44-102-84(135)71(49(5)117)115-82(133)62(38-51-22-10-7-11-23-51)105-70(122)43-100-68(120)42-101-74(125)54(90)37-50-20-8-6-9-21-50/h6-13,20-25,41,46-49,54,56-65,71,99,116-117H,14-19,26-40,42-45,88-90H2,1-5H3,(H2,91,118)(H2,92,119)(H,100,120)(H,101,125)(H,102,135)(H,103,121)(H,104,130)(H,105,122)(H,106,123)(H,107,127)(H,108,126)(H,109,131)(H,110,132)(H,111,124)(H,112,128)(H,113,134)(H,114,129)(H,115,133)(H,136,137)(H4,93,94,97)(H4,95,96,98)/t47-,48-,49+,54-,56-,57-,58-,59-,60-,61-,62-,63-,64-,65-,71-/m0/s1. The number of carbonyl (C=O) groups excluding carboxylic acids is 18. The number of hydrogen-bond donors (Lipinski definition) is 31. The summed E-state index contributed by atoms with van der Waals surface area (Å²) >= 11 is 0.